The van der Waals surface area contributed by atoms with Gasteiger partial charge in [0.2, 0.25) is 11.0 Å². The number of carbonyl (C=O) groups is 1. The Kier molecular flexibility index (Phi) is 6.29. The number of methoxy groups -OCH3 is 1. The van der Waals surface area contributed by atoms with Crippen LogP contribution >= 0.6 is 34.6 Å². The van der Waals surface area contributed by atoms with Crippen LogP contribution in [0.1, 0.15) is 0 Å². The summed E-state index contributed by atoms with van der Waals surface area (Å²) < 4.78 is 9.59. The van der Waals surface area contributed by atoms with Gasteiger partial charge < -0.3 is 4.74 Å². The largest absolute Gasteiger partial charge is 0.497 e. The fourth-order valence-corrected chi connectivity index (χ4v) is 5.61. The first-order chi connectivity index (χ1) is 16.2. The van der Waals surface area contributed by atoms with Gasteiger partial charge in [-0.25, -0.2) is 9.97 Å². The number of hydrogen-bond acceptors (Lipinski definition) is 9. The van der Waals surface area contributed by atoms with Crippen LogP contribution in [0.5, 0.6) is 5.75 Å². The summed E-state index contributed by atoms with van der Waals surface area (Å²) in [7, 11) is 1.65. The van der Waals surface area contributed by atoms with E-state index in [4.69, 9.17) is 4.74 Å². The van der Waals surface area contributed by atoms with E-state index in [2.05, 4.69) is 30.0 Å². The minimum atomic E-state index is -0.163. The number of anilines is 1. The number of nitrogens with one attached hydrogen (secondary N) is 1. The molecule has 0 aliphatic carbocycles. The molecule has 1 amide bonds. The molecule has 0 aliphatic heterocycles. The third-order valence-corrected chi connectivity index (χ3v) is 7.29. The van der Waals surface area contributed by atoms with Gasteiger partial charge in [-0.15, -0.1) is 11.3 Å². The molecule has 0 unspecified atom stereocenters. The summed E-state index contributed by atoms with van der Waals surface area (Å²) in [6, 6.07) is 17.5. The summed E-state index contributed by atoms with van der Waals surface area (Å²) in [4.78, 5) is 26.7. The minimum Gasteiger partial charge on any atom is -0.497 e. The van der Waals surface area contributed by atoms with Gasteiger partial charge in [-0.2, -0.15) is 9.36 Å². The minimum absolute atomic E-state index is 0.163. The molecule has 0 atom stereocenters. The maximum atomic E-state index is 12.6. The number of fused-ring (bicyclic) bond motifs is 1. The van der Waals surface area contributed by atoms with Crippen LogP contribution in [0.15, 0.2) is 71.3 Å². The zero-order valence-corrected chi connectivity index (χ0v) is 19.8. The second kappa shape index (κ2) is 9.65. The Bertz CT molecular complexity index is 1400. The molecule has 0 fully saturated rings. The second-order valence-electron chi connectivity index (χ2n) is 6.86. The molecule has 0 saturated heterocycles. The Balaban J connectivity index is 1.31. The number of thiophene rings is 1. The summed E-state index contributed by atoms with van der Waals surface area (Å²) in [6.45, 7) is 0. The molecule has 3 heterocycles. The number of rotatable bonds is 7. The van der Waals surface area contributed by atoms with Gasteiger partial charge in [0, 0.05) is 28.0 Å². The molecule has 1 N–H and O–H groups in total. The molecule has 0 radical (unpaired) electrons. The summed E-state index contributed by atoms with van der Waals surface area (Å²) in [5.74, 6) is 1.43. The van der Waals surface area contributed by atoms with Gasteiger partial charge in [0.15, 0.2) is 5.82 Å². The molecule has 33 heavy (non-hydrogen) atoms. The third-order valence-electron chi connectivity index (χ3n) is 4.78. The van der Waals surface area contributed by atoms with Crippen molar-refractivity contribution < 1.29 is 9.53 Å². The first-order valence-corrected chi connectivity index (χ1v) is 12.5. The van der Waals surface area contributed by atoms with E-state index < -0.39 is 0 Å². The Morgan fingerprint density at radius 2 is 1.88 bits per heavy atom. The van der Waals surface area contributed by atoms with Crippen molar-refractivity contribution in [1.29, 1.82) is 0 Å². The van der Waals surface area contributed by atoms with Crippen LogP contribution in [0.3, 0.4) is 0 Å². The van der Waals surface area contributed by atoms with Crippen molar-refractivity contribution in [2.45, 2.75) is 5.03 Å². The summed E-state index contributed by atoms with van der Waals surface area (Å²) in [5.41, 5.74) is 3.00. The van der Waals surface area contributed by atoms with E-state index in [1.807, 2.05) is 54.6 Å². The highest BCUT2D eigenvalue weighted by atomic mass is 32.2. The zero-order valence-electron chi connectivity index (χ0n) is 17.4. The van der Waals surface area contributed by atoms with Crippen LogP contribution in [0.2, 0.25) is 0 Å². The molecule has 5 rings (SSSR count). The van der Waals surface area contributed by atoms with Crippen molar-refractivity contribution in [1.82, 2.24) is 19.3 Å². The van der Waals surface area contributed by atoms with Gasteiger partial charge in [-0.3, -0.25) is 10.1 Å². The molecular weight excluding hydrogens is 474 g/mol. The number of nitrogens with zero attached hydrogens (tertiary/aromatic N) is 4. The Labute approximate surface area is 202 Å². The molecule has 2 aromatic carbocycles. The number of ether oxygens (including phenoxy) is 1. The number of carbonyl (C=O) groups excluding carboxylic acids is 1. The maximum Gasteiger partial charge on any atom is 0.236 e. The van der Waals surface area contributed by atoms with E-state index in [1.54, 1.807) is 18.4 Å². The van der Waals surface area contributed by atoms with E-state index in [-0.39, 0.29) is 11.7 Å². The first-order valence-electron chi connectivity index (χ1n) is 9.89. The van der Waals surface area contributed by atoms with E-state index in [0.29, 0.717) is 11.0 Å². The van der Waals surface area contributed by atoms with Gasteiger partial charge in [-0.1, -0.05) is 54.2 Å². The average Bonchev–Trinajstić information content (AvgIpc) is 3.51. The van der Waals surface area contributed by atoms with Gasteiger partial charge in [0.1, 0.15) is 21.9 Å². The van der Waals surface area contributed by atoms with Crippen molar-refractivity contribution in [3.8, 4) is 28.3 Å². The molecule has 0 spiro atoms. The number of benzene rings is 2. The quantitative estimate of drug-likeness (QED) is 0.234. The topological polar surface area (TPSA) is 89.9 Å². The molecule has 5 aromatic rings. The fourth-order valence-electron chi connectivity index (χ4n) is 3.21. The SMILES string of the molecule is COc1ccc(-c2csc3ncnc(SCC(=O)Nc4nc(-c5ccccc5)ns4)c23)cc1. The smallest absolute Gasteiger partial charge is 0.236 e. The molecule has 0 bridgehead atoms. The predicted octanol–water partition coefficient (Wildman–Crippen LogP) is 5.62. The predicted molar refractivity (Wildman–Crippen MR) is 134 cm³/mol. The molecule has 10 heteroatoms. The second-order valence-corrected chi connectivity index (χ2v) is 9.44. The van der Waals surface area contributed by atoms with Crippen molar-refractivity contribution in [2.75, 3.05) is 18.2 Å². The molecule has 0 saturated carbocycles. The summed E-state index contributed by atoms with van der Waals surface area (Å²) >= 11 is 4.10. The lowest BCUT2D eigenvalue weighted by molar-refractivity contribution is -0.113. The van der Waals surface area contributed by atoms with Crippen LogP contribution in [0.4, 0.5) is 5.13 Å². The van der Waals surface area contributed by atoms with Crippen molar-refractivity contribution in [2.24, 2.45) is 0 Å². The summed E-state index contributed by atoms with van der Waals surface area (Å²) in [5, 5.41) is 7.09. The van der Waals surface area contributed by atoms with Crippen LogP contribution in [0.25, 0.3) is 32.7 Å². The third kappa shape index (κ3) is 4.72. The average molecular weight is 492 g/mol. The number of hydrogen-bond donors (Lipinski definition) is 1. The number of amides is 1. The van der Waals surface area contributed by atoms with E-state index in [1.165, 1.54) is 18.1 Å². The lowest BCUT2D eigenvalue weighted by Crippen LogP contribution is -2.14. The summed E-state index contributed by atoms with van der Waals surface area (Å²) in [6.07, 6.45) is 1.54. The lowest BCUT2D eigenvalue weighted by Gasteiger charge is -2.06. The molecule has 164 valence electrons. The Morgan fingerprint density at radius 1 is 1.06 bits per heavy atom. The fraction of sp³-hybridized carbons (Fsp3) is 0.0870. The van der Waals surface area contributed by atoms with E-state index in [9.17, 15) is 4.79 Å². The molecule has 3 aromatic heterocycles. The normalized spacial score (nSPS) is 10.9. The van der Waals surface area contributed by atoms with Crippen molar-refractivity contribution in [3.63, 3.8) is 0 Å². The van der Waals surface area contributed by atoms with E-state index in [0.717, 1.165) is 49.2 Å². The van der Waals surface area contributed by atoms with Gasteiger partial charge in [0.05, 0.1) is 18.2 Å². The maximum absolute atomic E-state index is 12.6. The van der Waals surface area contributed by atoms with Gasteiger partial charge in [-0.05, 0) is 17.7 Å². The molecule has 7 nitrogen and oxygen atoms in total. The highest BCUT2D eigenvalue weighted by molar-refractivity contribution is 8.00. The zero-order chi connectivity index (χ0) is 22.6. The van der Waals surface area contributed by atoms with Gasteiger partial charge in [0.25, 0.3) is 0 Å². The molecule has 0 aliphatic rings. The first kappa shape index (κ1) is 21.5. The number of aromatic nitrogens is 4. The highest BCUT2D eigenvalue weighted by Gasteiger charge is 2.16. The highest BCUT2D eigenvalue weighted by Crippen LogP contribution is 2.38. The standard InChI is InChI=1S/C23H17N5O2S3/c1-30-16-9-7-14(8-10-16)17-11-31-21-19(17)22(25-13-24-21)32-12-18(29)26-23-27-20(28-33-23)15-5-3-2-4-6-15/h2-11,13H,12H2,1H3,(H,26,27,28,29). The van der Waals surface area contributed by atoms with Crippen molar-refractivity contribution in [3.05, 3.63) is 66.3 Å². The Hall–Kier alpha value is -3.34. The number of thioether (sulfide) groups is 1. The lowest BCUT2D eigenvalue weighted by atomic mass is 10.1. The van der Waals surface area contributed by atoms with Crippen LogP contribution in [-0.4, -0.2) is 38.1 Å². The van der Waals surface area contributed by atoms with Gasteiger partial charge >= 0.3 is 0 Å². The van der Waals surface area contributed by atoms with Crippen LogP contribution < -0.4 is 10.1 Å². The van der Waals surface area contributed by atoms with E-state index >= 15 is 0 Å². The van der Waals surface area contributed by atoms with Crippen LogP contribution in [-0.2, 0) is 4.79 Å². The molecular formula is C23H17N5O2S3. The van der Waals surface area contributed by atoms with Crippen molar-refractivity contribution >= 4 is 55.9 Å². The monoisotopic (exact) mass is 491 g/mol. The van der Waals surface area contributed by atoms with Crippen LogP contribution in [0, 0.1) is 0 Å². The Morgan fingerprint density at radius 3 is 2.67 bits per heavy atom.